The van der Waals surface area contributed by atoms with E-state index in [-0.39, 0.29) is 19.1 Å². The second-order valence-electron chi connectivity index (χ2n) is 28.8. The molecular weight excluding hydrogens is 1100 g/mol. The van der Waals surface area contributed by atoms with Gasteiger partial charge in [-0.15, -0.1) is 0 Å². The van der Waals surface area contributed by atoms with Gasteiger partial charge in [-0.25, -0.2) is 0 Å². The predicted octanol–water partition coefficient (Wildman–Crippen LogP) is 25.2. The lowest BCUT2D eigenvalue weighted by Gasteiger charge is -2.29. The van der Waals surface area contributed by atoms with Crippen LogP contribution in [0.15, 0.2) is 24.3 Å². The maximum absolute atomic E-state index is 13.1. The van der Waals surface area contributed by atoms with Crippen molar-refractivity contribution in [1.82, 2.24) is 5.32 Å². The first-order chi connectivity index (χ1) is 43.0. The fourth-order valence-electron chi connectivity index (χ4n) is 12.5. The number of quaternary nitrogens is 1. The lowest BCUT2D eigenvalue weighted by molar-refractivity contribution is -0.870. The summed E-state index contributed by atoms with van der Waals surface area (Å²) in [5, 5.41) is 14.0. The van der Waals surface area contributed by atoms with Crippen LogP contribution in [-0.2, 0) is 18.4 Å². The van der Waals surface area contributed by atoms with E-state index in [1.165, 1.54) is 366 Å². The van der Waals surface area contributed by atoms with Crippen LogP contribution >= 0.6 is 7.82 Å². The zero-order valence-electron chi connectivity index (χ0n) is 60.2. The first-order valence-electron chi connectivity index (χ1n) is 39.7. The summed E-state index contributed by atoms with van der Waals surface area (Å²) in [7, 11) is 1.27. The van der Waals surface area contributed by atoms with Crippen LogP contribution in [0, 0.1) is 0 Å². The van der Waals surface area contributed by atoms with Gasteiger partial charge in [0, 0.05) is 6.42 Å². The Morgan fingerprint density at radius 1 is 0.386 bits per heavy atom. The highest BCUT2D eigenvalue weighted by Gasteiger charge is 2.23. The molecule has 8 nitrogen and oxygen atoms in total. The van der Waals surface area contributed by atoms with E-state index in [2.05, 4.69) is 31.3 Å². The van der Waals surface area contributed by atoms with Gasteiger partial charge in [-0.05, 0) is 32.1 Å². The molecule has 0 radical (unpaired) electrons. The average molecular weight is 1260 g/mol. The Bertz CT molecular complexity index is 1480. The number of nitrogens with zero attached hydrogens (tertiary/aromatic N) is 1. The highest BCUT2D eigenvalue weighted by Crippen LogP contribution is 2.38. The van der Waals surface area contributed by atoms with Gasteiger partial charge < -0.3 is 28.8 Å². The second-order valence-corrected chi connectivity index (χ2v) is 30.2. The highest BCUT2D eigenvalue weighted by atomic mass is 31.2. The molecule has 3 atom stereocenters. The number of aliphatic hydroxyl groups is 1. The summed E-state index contributed by atoms with van der Waals surface area (Å²) in [6, 6.07) is -0.902. The monoisotopic (exact) mass is 1260 g/mol. The summed E-state index contributed by atoms with van der Waals surface area (Å²) in [5.41, 5.74) is 0. The van der Waals surface area contributed by atoms with Crippen molar-refractivity contribution in [2.24, 2.45) is 0 Å². The minimum absolute atomic E-state index is 0.00329. The lowest BCUT2D eigenvalue weighted by Crippen LogP contribution is -2.45. The number of unbranched alkanes of at least 4 members (excludes halogenated alkanes) is 60. The molecule has 524 valence electrons. The molecule has 0 spiro atoms. The smallest absolute Gasteiger partial charge is 0.268 e. The van der Waals surface area contributed by atoms with Crippen molar-refractivity contribution in [3.8, 4) is 0 Å². The molecule has 0 saturated carbocycles. The number of hydrogen-bond acceptors (Lipinski definition) is 6. The van der Waals surface area contributed by atoms with Crippen molar-refractivity contribution < 1.29 is 32.9 Å². The zero-order valence-corrected chi connectivity index (χ0v) is 61.1. The molecule has 0 aliphatic heterocycles. The van der Waals surface area contributed by atoms with E-state index >= 15 is 0 Å². The number of carbonyl (C=O) groups excluding carboxylic acids is 1. The summed E-state index contributed by atoms with van der Waals surface area (Å²) >= 11 is 0. The number of likely N-dealkylation sites (N-methyl/N-ethyl adjacent to an activating group) is 1. The molecule has 88 heavy (non-hydrogen) atoms. The predicted molar refractivity (Wildman–Crippen MR) is 385 cm³/mol. The number of phosphoric acid groups is 1. The molecule has 0 saturated heterocycles. The molecule has 2 N–H and O–H groups in total. The van der Waals surface area contributed by atoms with Gasteiger partial charge in [0.05, 0.1) is 39.9 Å². The van der Waals surface area contributed by atoms with Gasteiger partial charge in [-0.2, -0.15) is 0 Å². The number of phosphoric ester groups is 1. The SMILES string of the molecule is CCCCCCCCCCCCCCCCCCCCCCC/C=C/CC/C=C/C(O)C(COP(=O)([O-])OCC[N+](C)(C)C)NC(=O)CCCCCCCCCCCCCCCCCCCCCCCCCCCCCCCCCCCCCCCCC. The Labute approximate surface area is 551 Å². The number of hydrogen-bond donors (Lipinski definition) is 2. The van der Waals surface area contributed by atoms with Crippen LogP contribution in [0.1, 0.15) is 425 Å². The van der Waals surface area contributed by atoms with E-state index in [1.807, 2.05) is 27.2 Å². The lowest BCUT2D eigenvalue weighted by atomic mass is 10.0. The van der Waals surface area contributed by atoms with Crippen molar-refractivity contribution in [3.63, 3.8) is 0 Å². The molecule has 0 bridgehead atoms. The Balaban J connectivity index is 3.93. The van der Waals surface area contributed by atoms with Crippen LogP contribution in [0.3, 0.4) is 0 Å². The fourth-order valence-corrected chi connectivity index (χ4v) is 13.3. The maximum atomic E-state index is 13.1. The van der Waals surface area contributed by atoms with Gasteiger partial charge in [-0.3, -0.25) is 9.36 Å². The minimum atomic E-state index is -4.61. The fraction of sp³-hybridized carbons (Fsp3) is 0.937. The molecule has 0 aromatic carbocycles. The van der Waals surface area contributed by atoms with Crippen molar-refractivity contribution in [2.45, 2.75) is 437 Å². The average Bonchev–Trinajstić information content (AvgIpc) is 3.58. The summed E-state index contributed by atoms with van der Waals surface area (Å²) in [4.78, 5) is 25.7. The molecule has 0 aromatic rings. The molecule has 3 unspecified atom stereocenters. The quantitative estimate of drug-likeness (QED) is 0.0272. The number of allylic oxidation sites excluding steroid dienone is 3. The van der Waals surface area contributed by atoms with Crippen molar-refractivity contribution >= 4 is 13.7 Å². The molecule has 9 heteroatoms. The van der Waals surface area contributed by atoms with E-state index in [4.69, 9.17) is 9.05 Å². The topological polar surface area (TPSA) is 108 Å². The van der Waals surface area contributed by atoms with Gasteiger partial charge in [0.15, 0.2) is 0 Å². The first kappa shape index (κ1) is 87.0. The molecule has 0 heterocycles. The minimum Gasteiger partial charge on any atom is -0.756 e. The standard InChI is InChI=1S/C79H157N2O6P/c1-6-8-10-12-14-16-18-20-22-24-26-28-30-32-34-35-36-37-38-39-40-41-42-43-44-45-47-49-51-53-55-57-59-61-63-65-67-69-71-73-79(83)80-77(76-87-88(84,85)86-75-74-81(3,4)5)78(82)72-70-68-66-64-62-60-58-56-54-52-50-48-46-33-31-29-27-25-23-21-19-17-15-13-11-9-7-2/h62,64,70,72,77-78,82H,6-61,63,65-69,71,73-76H2,1-5H3,(H-,80,83,84,85)/b64-62+,72-70+. The van der Waals surface area contributed by atoms with E-state index in [9.17, 15) is 19.4 Å². The van der Waals surface area contributed by atoms with Gasteiger partial charge in [0.1, 0.15) is 13.2 Å². The maximum Gasteiger partial charge on any atom is 0.268 e. The van der Waals surface area contributed by atoms with Gasteiger partial charge >= 0.3 is 0 Å². The van der Waals surface area contributed by atoms with E-state index in [0.29, 0.717) is 17.4 Å². The number of aliphatic hydroxyl groups excluding tert-OH is 1. The van der Waals surface area contributed by atoms with Crippen LogP contribution < -0.4 is 10.2 Å². The van der Waals surface area contributed by atoms with Crippen LogP contribution in [0.5, 0.6) is 0 Å². The summed E-state index contributed by atoms with van der Waals surface area (Å²) in [6.07, 6.45) is 93.6. The van der Waals surface area contributed by atoms with Crippen LogP contribution in [0.2, 0.25) is 0 Å². The van der Waals surface area contributed by atoms with E-state index < -0.39 is 20.0 Å². The van der Waals surface area contributed by atoms with Crippen molar-refractivity contribution in [1.29, 1.82) is 0 Å². The van der Waals surface area contributed by atoms with Crippen LogP contribution in [0.25, 0.3) is 0 Å². The third kappa shape index (κ3) is 72.4. The van der Waals surface area contributed by atoms with Gasteiger partial charge in [0.25, 0.3) is 7.82 Å². The summed E-state index contributed by atoms with van der Waals surface area (Å²) in [5.74, 6) is -0.197. The molecule has 0 aliphatic carbocycles. The zero-order chi connectivity index (χ0) is 64.1. The van der Waals surface area contributed by atoms with Crippen LogP contribution in [0.4, 0.5) is 0 Å². The molecule has 0 aromatic heterocycles. The Kier molecular flexibility index (Phi) is 69.5. The van der Waals surface area contributed by atoms with Gasteiger partial charge in [0.2, 0.25) is 5.91 Å². The number of amides is 1. The largest absolute Gasteiger partial charge is 0.756 e. The number of rotatable bonds is 75. The van der Waals surface area contributed by atoms with Crippen molar-refractivity contribution in [2.75, 3.05) is 40.9 Å². The highest BCUT2D eigenvalue weighted by molar-refractivity contribution is 7.45. The molecule has 0 fully saturated rings. The number of carbonyl (C=O) groups is 1. The normalized spacial score (nSPS) is 13.6. The van der Waals surface area contributed by atoms with Crippen LogP contribution in [-0.4, -0.2) is 68.5 Å². The van der Waals surface area contributed by atoms with E-state index in [0.717, 1.165) is 38.5 Å². The Morgan fingerprint density at radius 2 is 0.636 bits per heavy atom. The molecular formula is C79H157N2O6P. The van der Waals surface area contributed by atoms with Gasteiger partial charge in [-0.1, -0.05) is 411 Å². The Morgan fingerprint density at radius 3 is 0.920 bits per heavy atom. The Hall–Kier alpha value is -1.02. The van der Waals surface area contributed by atoms with Crippen molar-refractivity contribution in [3.05, 3.63) is 24.3 Å². The third-order valence-electron chi connectivity index (χ3n) is 18.7. The third-order valence-corrected chi connectivity index (χ3v) is 19.6. The summed E-state index contributed by atoms with van der Waals surface area (Å²) < 4.78 is 23.5. The van der Waals surface area contributed by atoms with E-state index in [1.54, 1.807) is 6.08 Å². The second kappa shape index (κ2) is 70.3. The first-order valence-corrected chi connectivity index (χ1v) is 41.2. The summed E-state index contributed by atoms with van der Waals surface area (Å²) in [6.45, 7) is 4.71. The number of nitrogens with one attached hydrogen (secondary N) is 1. The molecule has 0 rings (SSSR count). The molecule has 1 amide bonds. The molecule has 0 aliphatic rings.